The lowest BCUT2D eigenvalue weighted by molar-refractivity contribution is 0.581. The molecule has 0 radical (unpaired) electrons. The van der Waals surface area contributed by atoms with Crippen LogP contribution in [0.5, 0.6) is 0 Å². The number of guanidine groups is 1. The first-order valence-electron chi connectivity index (χ1n) is 6.79. The van der Waals surface area contributed by atoms with Crippen LogP contribution in [0, 0.1) is 11.6 Å². The fourth-order valence-corrected chi connectivity index (χ4v) is 3.57. The van der Waals surface area contributed by atoms with Crippen molar-refractivity contribution in [3.63, 3.8) is 0 Å². The number of primary sulfonamides is 1. The van der Waals surface area contributed by atoms with Crippen molar-refractivity contribution >= 4 is 51.3 Å². The van der Waals surface area contributed by atoms with Gasteiger partial charge in [-0.15, -0.1) is 35.3 Å². The first kappa shape index (κ1) is 21.7. The van der Waals surface area contributed by atoms with E-state index in [2.05, 4.69) is 15.6 Å². The molecule has 0 atom stereocenters. The first-order chi connectivity index (χ1) is 11.3. The Morgan fingerprint density at radius 1 is 1.20 bits per heavy atom. The predicted octanol–water partition coefficient (Wildman–Crippen LogP) is 2.16. The lowest BCUT2D eigenvalue weighted by Crippen LogP contribution is -2.36. The van der Waals surface area contributed by atoms with E-state index in [9.17, 15) is 17.2 Å². The van der Waals surface area contributed by atoms with Crippen LogP contribution in [-0.2, 0) is 23.1 Å². The monoisotopic (exact) mass is 502 g/mol. The van der Waals surface area contributed by atoms with Crippen molar-refractivity contribution in [3.05, 3.63) is 52.4 Å². The summed E-state index contributed by atoms with van der Waals surface area (Å²) in [5.74, 6) is -0.676. The largest absolute Gasteiger partial charge is 0.352 e. The molecule has 25 heavy (non-hydrogen) atoms. The summed E-state index contributed by atoms with van der Waals surface area (Å²) in [6, 6.07) is 6.27. The van der Waals surface area contributed by atoms with Gasteiger partial charge in [0, 0.05) is 24.0 Å². The van der Waals surface area contributed by atoms with Crippen LogP contribution in [0.2, 0.25) is 0 Å². The SMILES string of the molecule is CN=C(NCc1ccc(S(N)(=O)=O)s1)NCc1cc(F)ccc1F.I. The van der Waals surface area contributed by atoms with Gasteiger partial charge in [0.2, 0.25) is 10.0 Å². The maximum absolute atomic E-state index is 13.6. The fraction of sp³-hybridized carbons (Fsp3) is 0.214. The molecule has 1 aromatic carbocycles. The van der Waals surface area contributed by atoms with E-state index in [-0.39, 0.29) is 40.3 Å². The smallest absolute Gasteiger partial charge is 0.247 e. The maximum atomic E-state index is 13.6. The highest BCUT2D eigenvalue weighted by Crippen LogP contribution is 2.19. The summed E-state index contributed by atoms with van der Waals surface area (Å²) in [5.41, 5.74) is 0.172. The number of benzene rings is 1. The molecule has 0 amide bonds. The summed E-state index contributed by atoms with van der Waals surface area (Å²) in [7, 11) is -2.18. The van der Waals surface area contributed by atoms with Crippen molar-refractivity contribution < 1.29 is 17.2 Å². The van der Waals surface area contributed by atoms with E-state index in [0.717, 1.165) is 34.4 Å². The minimum atomic E-state index is -3.71. The van der Waals surface area contributed by atoms with Crippen LogP contribution in [0.25, 0.3) is 0 Å². The average molecular weight is 502 g/mol. The van der Waals surface area contributed by atoms with Crippen molar-refractivity contribution in [2.75, 3.05) is 7.05 Å². The molecule has 0 spiro atoms. The molecular weight excluding hydrogens is 485 g/mol. The zero-order valence-electron chi connectivity index (χ0n) is 13.1. The molecule has 0 saturated heterocycles. The van der Waals surface area contributed by atoms with Gasteiger partial charge < -0.3 is 10.6 Å². The van der Waals surface area contributed by atoms with Crippen LogP contribution in [0.4, 0.5) is 8.78 Å². The van der Waals surface area contributed by atoms with E-state index in [1.807, 2.05) is 0 Å². The van der Waals surface area contributed by atoms with Crippen LogP contribution in [-0.4, -0.2) is 21.4 Å². The Hall–Kier alpha value is -1.31. The Morgan fingerprint density at radius 2 is 1.88 bits per heavy atom. The Labute approximate surface area is 165 Å². The van der Waals surface area contributed by atoms with Crippen molar-refractivity contribution in [2.45, 2.75) is 17.3 Å². The molecular formula is C14H17F2IN4O2S2. The standard InChI is InChI=1S/C14H16F2N4O2S2.HI/c1-18-14(19-7-9-6-10(15)2-4-12(9)16)20-8-11-3-5-13(23-11)24(17,21)22;/h2-6H,7-8H2,1H3,(H2,17,21,22)(H2,18,19,20);1H. The molecule has 2 aromatic rings. The Balaban J connectivity index is 0.00000312. The van der Waals surface area contributed by atoms with E-state index in [1.54, 1.807) is 6.07 Å². The summed E-state index contributed by atoms with van der Waals surface area (Å²) < 4.78 is 49.2. The summed E-state index contributed by atoms with van der Waals surface area (Å²) >= 11 is 1.04. The number of hydrogen-bond acceptors (Lipinski definition) is 4. The molecule has 0 aliphatic rings. The van der Waals surface area contributed by atoms with Crippen molar-refractivity contribution in [1.29, 1.82) is 0 Å². The second kappa shape index (κ2) is 9.40. The number of aliphatic imine (C=N–C) groups is 1. The highest BCUT2D eigenvalue weighted by Gasteiger charge is 2.11. The molecule has 0 aliphatic heterocycles. The second-order valence-electron chi connectivity index (χ2n) is 4.78. The van der Waals surface area contributed by atoms with Gasteiger partial charge in [0.05, 0.1) is 6.54 Å². The normalized spacial score (nSPS) is 11.8. The van der Waals surface area contributed by atoms with Crippen LogP contribution in [0.3, 0.4) is 0 Å². The molecule has 11 heteroatoms. The summed E-state index contributed by atoms with van der Waals surface area (Å²) in [6.07, 6.45) is 0. The quantitative estimate of drug-likeness (QED) is 0.332. The molecule has 1 aromatic heterocycles. The molecule has 6 nitrogen and oxygen atoms in total. The maximum Gasteiger partial charge on any atom is 0.247 e. The molecule has 138 valence electrons. The van der Waals surface area contributed by atoms with Gasteiger partial charge in [-0.3, -0.25) is 4.99 Å². The highest BCUT2D eigenvalue weighted by molar-refractivity contribution is 14.0. The minimum Gasteiger partial charge on any atom is -0.352 e. The number of sulfonamides is 1. The Kier molecular flexibility index (Phi) is 8.18. The highest BCUT2D eigenvalue weighted by atomic mass is 127. The zero-order valence-corrected chi connectivity index (χ0v) is 17.1. The van der Waals surface area contributed by atoms with E-state index in [4.69, 9.17) is 5.14 Å². The van der Waals surface area contributed by atoms with Gasteiger partial charge in [-0.1, -0.05) is 0 Å². The molecule has 0 fully saturated rings. The summed E-state index contributed by atoms with van der Waals surface area (Å²) in [5, 5.41) is 10.9. The summed E-state index contributed by atoms with van der Waals surface area (Å²) in [4.78, 5) is 4.70. The zero-order chi connectivity index (χ0) is 17.7. The van der Waals surface area contributed by atoms with E-state index >= 15 is 0 Å². The molecule has 4 N–H and O–H groups in total. The van der Waals surface area contributed by atoms with Crippen molar-refractivity contribution in [1.82, 2.24) is 10.6 Å². The van der Waals surface area contributed by atoms with Crippen LogP contribution in [0.1, 0.15) is 10.4 Å². The summed E-state index contributed by atoms with van der Waals surface area (Å²) in [6.45, 7) is 0.363. The van der Waals surface area contributed by atoms with Gasteiger partial charge in [-0.2, -0.15) is 0 Å². The molecule has 0 aliphatic carbocycles. The second-order valence-corrected chi connectivity index (χ2v) is 7.74. The van der Waals surface area contributed by atoms with Gasteiger partial charge in [-0.25, -0.2) is 22.3 Å². The number of thiophene rings is 1. The van der Waals surface area contributed by atoms with E-state index in [1.165, 1.54) is 13.1 Å². The van der Waals surface area contributed by atoms with Gasteiger partial charge in [0.15, 0.2) is 5.96 Å². The number of halogens is 3. The Morgan fingerprint density at radius 3 is 2.48 bits per heavy atom. The lowest BCUT2D eigenvalue weighted by atomic mass is 10.2. The third kappa shape index (κ3) is 6.49. The number of nitrogens with zero attached hydrogens (tertiary/aromatic N) is 1. The van der Waals surface area contributed by atoms with Crippen LogP contribution >= 0.6 is 35.3 Å². The number of hydrogen-bond donors (Lipinski definition) is 3. The Bertz CT molecular complexity index is 856. The van der Waals surface area contributed by atoms with E-state index < -0.39 is 21.7 Å². The van der Waals surface area contributed by atoms with Gasteiger partial charge in [0.1, 0.15) is 15.8 Å². The van der Waals surface area contributed by atoms with E-state index in [0.29, 0.717) is 12.5 Å². The third-order valence-corrected chi connectivity index (χ3v) is 5.55. The predicted molar refractivity (Wildman–Crippen MR) is 105 cm³/mol. The van der Waals surface area contributed by atoms with Crippen molar-refractivity contribution in [2.24, 2.45) is 10.1 Å². The number of rotatable bonds is 5. The lowest BCUT2D eigenvalue weighted by Gasteiger charge is -2.11. The third-order valence-electron chi connectivity index (χ3n) is 3.03. The molecule has 0 bridgehead atoms. The fourth-order valence-electron chi connectivity index (χ4n) is 1.86. The van der Waals surface area contributed by atoms with Crippen LogP contribution in [0.15, 0.2) is 39.5 Å². The number of nitrogens with two attached hydrogens (primary N) is 1. The molecule has 0 unspecified atom stereocenters. The van der Waals surface area contributed by atoms with Crippen molar-refractivity contribution in [3.8, 4) is 0 Å². The molecule has 1 heterocycles. The van der Waals surface area contributed by atoms with Crippen LogP contribution < -0.4 is 15.8 Å². The van der Waals surface area contributed by atoms with Gasteiger partial charge in [0.25, 0.3) is 0 Å². The average Bonchev–Trinajstić information content (AvgIpc) is 3.00. The van der Waals surface area contributed by atoms with Gasteiger partial charge >= 0.3 is 0 Å². The topological polar surface area (TPSA) is 96.6 Å². The van der Waals surface area contributed by atoms with Gasteiger partial charge in [-0.05, 0) is 30.3 Å². The molecule has 0 saturated carbocycles. The first-order valence-corrected chi connectivity index (χ1v) is 9.16. The number of nitrogens with one attached hydrogen (secondary N) is 2. The minimum absolute atomic E-state index is 0. The molecule has 2 rings (SSSR count).